The Morgan fingerprint density at radius 3 is 2.12 bits per heavy atom. The lowest BCUT2D eigenvalue weighted by Crippen LogP contribution is -2.09. The van der Waals surface area contributed by atoms with Crippen molar-refractivity contribution in [2.75, 3.05) is 0 Å². The molecule has 246 valence electrons. The van der Waals surface area contributed by atoms with E-state index >= 15 is 0 Å². The topological polar surface area (TPSA) is 31.0 Å². The predicted molar refractivity (Wildman–Crippen MR) is 209 cm³/mol. The Morgan fingerprint density at radius 1 is 0.600 bits per heavy atom. The highest BCUT2D eigenvalue weighted by molar-refractivity contribution is 6.10. The number of nitrogens with zero attached hydrogens (tertiary/aromatic N) is 2. The summed E-state index contributed by atoms with van der Waals surface area (Å²) in [5.41, 5.74) is 16.8. The lowest BCUT2D eigenvalue weighted by Gasteiger charge is -2.24. The van der Waals surface area contributed by atoms with E-state index in [-0.39, 0.29) is 0 Å². The molecule has 1 aliphatic rings. The third-order valence-electron chi connectivity index (χ3n) is 10.8. The van der Waals surface area contributed by atoms with Crippen LogP contribution in [-0.2, 0) is 12.8 Å². The standard InChI is InChI=1S/C47H42N2O/c1-29(2)40-26-34(31-14-6-5-7-15-31)27-41(30(3)4)45(40)49-43-23-11-10-22-42(43)48-47(49)39-21-13-20-38-37-25-24-33(28-44(37)50-46(38)39)36-19-12-17-32-16-8-9-18-35(32)36/h5-7,10-15,17,19-30H,8-9,16,18H2,1-4H3. The summed E-state index contributed by atoms with van der Waals surface area (Å²) in [5, 5.41) is 2.25. The molecule has 0 aliphatic heterocycles. The van der Waals surface area contributed by atoms with E-state index in [0.29, 0.717) is 11.8 Å². The first-order valence-corrected chi connectivity index (χ1v) is 18.2. The molecule has 0 bridgehead atoms. The Balaban J connectivity index is 1.29. The second kappa shape index (κ2) is 12.2. The minimum atomic E-state index is 0.296. The average molecular weight is 651 g/mol. The number of para-hydroxylation sites is 3. The van der Waals surface area contributed by atoms with Crippen LogP contribution in [-0.4, -0.2) is 9.55 Å². The van der Waals surface area contributed by atoms with Crippen LogP contribution in [0.25, 0.3) is 72.3 Å². The molecule has 3 nitrogen and oxygen atoms in total. The molecule has 0 spiro atoms. The van der Waals surface area contributed by atoms with Gasteiger partial charge in [-0.15, -0.1) is 0 Å². The third kappa shape index (κ3) is 4.98. The molecule has 0 radical (unpaired) electrons. The summed E-state index contributed by atoms with van der Waals surface area (Å²) in [6.07, 6.45) is 4.86. The number of aromatic nitrogens is 2. The van der Waals surface area contributed by atoms with E-state index in [4.69, 9.17) is 9.40 Å². The zero-order valence-electron chi connectivity index (χ0n) is 29.3. The first-order valence-electron chi connectivity index (χ1n) is 18.2. The highest BCUT2D eigenvalue weighted by atomic mass is 16.3. The van der Waals surface area contributed by atoms with Crippen LogP contribution in [0.4, 0.5) is 0 Å². The van der Waals surface area contributed by atoms with Crippen LogP contribution in [0.15, 0.2) is 126 Å². The number of imidazole rings is 1. The van der Waals surface area contributed by atoms with Crippen molar-refractivity contribution in [3.8, 4) is 39.3 Å². The molecule has 0 saturated carbocycles. The maximum Gasteiger partial charge on any atom is 0.149 e. The Hall–Kier alpha value is -5.41. The summed E-state index contributed by atoms with van der Waals surface area (Å²) >= 11 is 0. The molecular formula is C47H42N2O. The monoisotopic (exact) mass is 650 g/mol. The first kappa shape index (κ1) is 30.6. The summed E-state index contributed by atoms with van der Waals surface area (Å²) in [6, 6.07) is 44.2. The Bertz CT molecular complexity index is 2520. The highest BCUT2D eigenvalue weighted by Gasteiger charge is 2.25. The van der Waals surface area contributed by atoms with Gasteiger partial charge in [0.25, 0.3) is 0 Å². The van der Waals surface area contributed by atoms with Gasteiger partial charge in [-0.3, -0.25) is 4.57 Å². The van der Waals surface area contributed by atoms with Crippen LogP contribution in [0.2, 0.25) is 0 Å². The normalized spacial score (nSPS) is 13.2. The SMILES string of the molecule is CC(C)c1cc(-c2ccccc2)cc(C(C)C)c1-n1c(-c2cccc3c2oc2cc(-c4cccc5c4CCCC5)ccc23)nc2ccccc21. The number of hydrogen-bond acceptors (Lipinski definition) is 2. The number of benzene rings is 6. The van der Waals surface area contributed by atoms with Gasteiger partial charge in [0.1, 0.15) is 17.0 Å². The largest absolute Gasteiger partial charge is 0.455 e. The van der Waals surface area contributed by atoms with Crippen LogP contribution in [0.3, 0.4) is 0 Å². The lowest BCUT2D eigenvalue weighted by atomic mass is 9.86. The maximum atomic E-state index is 6.91. The van der Waals surface area contributed by atoms with Crippen molar-refractivity contribution in [3.05, 3.63) is 144 Å². The number of furan rings is 1. The molecule has 8 aromatic rings. The molecular weight excluding hydrogens is 609 g/mol. The fraction of sp³-hybridized carbons (Fsp3) is 0.213. The number of aryl methyl sites for hydroxylation is 1. The van der Waals surface area contributed by atoms with Gasteiger partial charge in [0, 0.05) is 10.8 Å². The Kier molecular flexibility index (Phi) is 7.46. The fourth-order valence-corrected chi connectivity index (χ4v) is 8.24. The van der Waals surface area contributed by atoms with Crippen LogP contribution in [0.5, 0.6) is 0 Å². The van der Waals surface area contributed by atoms with Crippen molar-refractivity contribution in [2.24, 2.45) is 0 Å². The van der Waals surface area contributed by atoms with Gasteiger partial charge < -0.3 is 4.42 Å². The number of fused-ring (bicyclic) bond motifs is 5. The summed E-state index contributed by atoms with van der Waals surface area (Å²) < 4.78 is 9.33. The van der Waals surface area contributed by atoms with E-state index < -0.39 is 0 Å². The summed E-state index contributed by atoms with van der Waals surface area (Å²) in [5.74, 6) is 1.50. The van der Waals surface area contributed by atoms with Gasteiger partial charge in [-0.2, -0.15) is 0 Å². The van der Waals surface area contributed by atoms with E-state index in [0.717, 1.165) is 50.8 Å². The zero-order valence-corrected chi connectivity index (χ0v) is 29.3. The Labute approximate surface area is 294 Å². The van der Waals surface area contributed by atoms with Crippen LogP contribution < -0.4 is 0 Å². The van der Waals surface area contributed by atoms with E-state index in [1.54, 1.807) is 0 Å². The van der Waals surface area contributed by atoms with Crippen molar-refractivity contribution < 1.29 is 4.42 Å². The Morgan fingerprint density at radius 2 is 1.32 bits per heavy atom. The fourth-order valence-electron chi connectivity index (χ4n) is 8.24. The van der Waals surface area contributed by atoms with Gasteiger partial charge in [0.15, 0.2) is 0 Å². The third-order valence-corrected chi connectivity index (χ3v) is 10.8. The second-order valence-electron chi connectivity index (χ2n) is 14.6. The molecule has 1 aliphatic carbocycles. The van der Waals surface area contributed by atoms with Crippen molar-refractivity contribution >= 4 is 33.0 Å². The smallest absolute Gasteiger partial charge is 0.149 e. The molecule has 50 heavy (non-hydrogen) atoms. The van der Waals surface area contributed by atoms with Crippen molar-refractivity contribution in [1.29, 1.82) is 0 Å². The van der Waals surface area contributed by atoms with Gasteiger partial charge in [-0.1, -0.05) is 107 Å². The summed E-state index contributed by atoms with van der Waals surface area (Å²) in [6.45, 7) is 9.21. The van der Waals surface area contributed by atoms with E-state index in [2.05, 4.69) is 154 Å². The maximum absolute atomic E-state index is 6.91. The molecule has 6 aromatic carbocycles. The molecule has 0 amide bonds. The number of hydrogen-bond donors (Lipinski definition) is 0. The van der Waals surface area contributed by atoms with Gasteiger partial charge in [0.05, 0.1) is 22.3 Å². The second-order valence-corrected chi connectivity index (χ2v) is 14.6. The van der Waals surface area contributed by atoms with Gasteiger partial charge >= 0.3 is 0 Å². The van der Waals surface area contributed by atoms with Crippen LogP contribution in [0.1, 0.15) is 74.6 Å². The average Bonchev–Trinajstić information content (AvgIpc) is 3.72. The van der Waals surface area contributed by atoms with Crippen molar-refractivity contribution in [1.82, 2.24) is 9.55 Å². The summed E-state index contributed by atoms with van der Waals surface area (Å²) in [7, 11) is 0. The predicted octanol–water partition coefficient (Wildman–Crippen LogP) is 13.1. The molecule has 2 heterocycles. The van der Waals surface area contributed by atoms with E-state index in [9.17, 15) is 0 Å². The molecule has 0 unspecified atom stereocenters. The first-order chi connectivity index (χ1) is 24.5. The van der Waals surface area contributed by atoms with Crippen LogP contribution in [0, 0.1) is 0 Å². The minimum Gasteiger partial charge on any atom is -0.455 e. The molecule has 2 aromatic heterocycles. The van der Waals surface area contributed by atoms with Gasteiger partial charge in [0.2, 0.25) is 0 Å². The van der Waals surface area contributed by atoms with Crippen LogP contribution >= 0.6 is 0 Å². The highest BCUT2D eigenvalue weighted by Crippen LogP contribution is 2.43. The lowest BCUT2D eigenvalue weighted by molar-refractivity contribution is 0.669. The molecule has 3 heteroatoms. The van der Waals surface area contributed by atoms with E-state index in [1.165, 1.54) is 69.5 Å². The molecule has 0 atom stereocenters. The van der Waals surface area contributed by atoms with Crippen molar-refractivity contribution in [3.63, 3.8) is 0 Å². The quantitative estimate of drug-likeness (QED) is 0.179. The van der Waals surface area contributed by atoms with Gasteiger partial charge in [-0.05, 0) is 124 Å². The van der Waals surface area contributed by atoms with Crippen molar-refractivity contribution in [2.45, 2.75) is 65.2 Å². The number of rotatable bonds is 6. The van der Waals surface area contributed by atoms with Gasteiger partial charge in [-0.25, -0.2) is 4.98 Å². The minimum absolute atomic E-state index is 0.296. The zero-order chi connectivity index (χ0) is 33.9. The molecule has 9 rings (SSSR count). The molecule has 0 saturated heterocycles. The molecule has 0 N–H and O–H groups in total. The van der Waals surface area contributed by atoms with E-state index in [1.807, 2.05) is 0 Å². The molecule has 0 fully saturated rings. The summed E-state index contributed by atoms with van der Waals surface area (Å²) in [4.78, 5) is 5.38.